The molecule has 6 heteroatoms. The lowest BCUT2D eigenvalue weighted by Gasteiger charge is -2.26. The summed E-state index contributed by atoms with van der Waals surface area (Å²) in [5.74, 6) is 0. The third-order valence-electron chi connectivity index (χ3n) is 3.76. The highest BCUT2D eigenvalue weighted by Gasteiger charge is 2.12. The average molecular weight is 370 g/mol. The first-order chi connectivity index (χ1) is 10.7. The lowest BCUT2D eigenvalue weighted by Crippen LogP contribution is -2.40. The van der Waals surface area contributed by atoms with Gasteiger partial charge in [-0.05, 0) is 31.5 Å². The number of nitrogens with one attached hydrogen (secondary N) is 2. The molecule has 2 amide bonds. The van der Waals surface area contributed by atoms with E-state index in [1.54, 1.807) is 0 Å². The van der Waals surface area contributed by atoms with Gasteiger partial charge in [-0.2, -0.15) is 0 Å². The first-order valence-corrected chi connectivity index (χ1v) is 8.55. The van der Waals surface area contributed by atoms with Crippen molar-refractivity contribution in [2.45, 2.75) is 19.4 Å². The van der Waals surface area contributed by atoms with Gasteiger partial charge in [0, 0.05) is 24.1 Å². The van der Waals surface area contributed by atoms with E-state index in [9.17, 15) is 4.79 Å². The van der Waals surface area contributed by atoms with Crippen LogP contribution in [0.3, 0.4) is 0 Å². The molecule has 5 nitrogen and oxygen atoms in total. The van der Waals surface area contributed by atoms with E-state index < -0.39 is 0 Å². The fourth-order valence-electron chi connectivity index (χ4n) is 2.48. The SMILES string of the molecule is CC(NC(=O)NCCCN1CCOCC1)c1ccccc1Br. The van der Waals surface area contributed by atoms with Gasteiger partial charge in [-0.3, -0.25) is 4.90 Å². The van der Waals surface area contributed by atoms with E-state index in [2.05, 4.69) is 31.5 Å². The molecule has 1 unspecified atom stereocenters. The van der Waals surface area contributed by atoms with E-state index in [-0.39, 0.29) is 12.1 Å². The standard InChI is InChI=1S/C16H24BrN3O2/c1-13(14-5-2-3-6-15(14)17)19-16(21)18-7-4-8-20-9-11-22-12-10-20/h2-3,5-6,13H,4,7-12H2,1H3,(H2,18,19,21). The molecule has 2 rings (SSSR count). The Morgan fingerprint density at radius 2 is 2.09 bits per heavy atom. The van der Waals surface area contributed by atoms with Gasteiger partial charge in [0.25, 0.3) is 0 Å². The number of carbonyl (C=O) groups excluding carboxylic acids is 1. The first-order valence-electron chi connectivity index (χ1n) is 7.75. The van der Waals surface area contributed by atoms with Crippen LogP contribution in [0, 0.1) is 0 Å². The summed E-state index contributed by atoms with van der Waals surface area (Å²) in [6.45, 7) is 7.29. The van der Waals surface area contributed by atoms with Crippen LogP contribution in [-0.2, 0) is 4.74 Å². The second-order valence-electron chi connectivity index (χ2n) is 5.45. The smallest absolute Gasteiger partial charge is 0.315 e. The fourth-order valence-corrected chi connectivity index (χ4v) is 3.11. The number of ether oxygens (including phenoxy) is 1. The van der Waals surface area contributed by atoms with Crippen molar-refractivity contribution in [1.82, 2.24) is 15.5 Å². The summed E-state index contributed by atoms with van der Waals surface area (Å²) in [7, 11) is 0. The van der Waals surface area contributed by atoms with Crippen molar-refractivity contribution in [3.63, 3.8) is 0 Å². The molecule has 1 aliphatic heterocycles. The quantitative estimate of drug-likeness (QED) is 0.757. The van der Waals surface area contributed by atoms with Crippen LogP contribution in [0.4, 0.5) is 4.79 Å². The summed E-state index contributed by atoms with van der Waals surface area (Å²) < 4.78 is 6.32. The van der Waals surface area contributed by atoms with Gasteiger partial charge in [0.2, 0.25) is 0 Å². The van der Waals surface area contributed by atoms with E-state index >= 15 is 0 Å². The van der Waals surface area contributed by atoms with E-state index in [4.69, 9.17) is 4.74 Å². The Bertz CT molecular complexity index is 478. The highest BCUT2D eigenvalue weighted by atomic mass is 79.9. The van der Waals surface area contributed by atoms with Crippen LogP contribution in [0.2, 0.25) is 0 Å². The topological polar surface area (TPSA) is 53.6 Å². The van der Waals surface area contributed by atoms with Crippen LogP contribution in [0.1, 0.15) is 24.9 Å². The molecular weight excluding hydrogens is 346 g/mol. The van der Waals surface area contributed by atoms with Gasteiger partial charge < -0.3 is 15.4 Å². The predicted octanol–water partition coefficient (Wildman–Crippen LogP) is 2.53. The number of urea groups is 1. The van der Waals surface area contributed by atoms with Crippen molar-refractivity contribution in [1.29, 1.82) is 0 Å². The molecule has 122 valence electrons. The molecule has 1 aromatic carbocycles. The van der Waals surface area contributed by atoms with Crippen LogP contribution in [0.15, 0.2) is 28.7 Å². The van der Waals surface area contributed by atoms with Crippen molar-refractivity contribution < 1.29 is 9.53 Å². The zero-order chi connectivity index (χ0) is 15.8. The molecule has 0 spiro atoms. The van der Waals surface area contributed by atoms with Crippen LogP contribution in [0.5, 0.6) is 0 Å². The maximum Gasteiger partial charge on any atom is 0.315 e. The molecule has 0 aromatic heterocycles. The van der Waals surface area contributed by atoms with Gasteiger partial charge >= 0.3 is 6.03 Å². The van der Waals surface area contributed by atoms with Gasteiger partial charge in [-0.15, -0.1) is 0 Å². The Morgan fingerprint density at radius 1 is 1.36 bits per heavy atom. The summed E-state index contributed by atoms with van der Waals surface area (Å²) in [5.41, 5.74) is 1.07. The lowest BCUT2D eigenvalue weighted by atomic mass is 10.1. The highest BCUT2D eigenvalue weighted by molar-refractivity contribution is 9.10. The fraction of sp³-hybridized carbons (Fsp3) is 0.562. The van der Waals surface area contributed by atoms with Crippen molar-refractivity contribution in [2.24, 2.45) is 0 Å². The summed E-state index contributed by atoms with van der Waals surface area (Å²) in [5, 5.41) is 5.88. The number of carbonyl (C=O) groups is 1. The Hall–Kier alpha value is -1.11. The number of nitrogens with zero attached hydrogens (tertiary/aromatic N) is 1. The van der Waals surface area contributed by atoms with Crippen LogP contribution in [0.25, 0.3) is 0 Å². The van der Waals surface area contributed by atoms with E-state index in [1.807, 2.05) is 31.2 Å². The molecule has 0 saturated carbocycles. The number of amides is 2. The molecule has 0 bridgehead atoms. The van der Waals surface area contributed by atoms with Gasteiger partial charge in [0.15, 0.2) is 0 Å². The number of benzene rings is 1. The zero-order valence-corrected chi connectivity index (χ0v) is 14.6. The van der Waals surface area contributed by atoms with Crippen LogP contribution < -0.4 is 10.6 Å². The maximum absolute atomic E-state index is 11.9. The van der Waals surface area contributed by atoms with Gasteiger partial charge in [0.05, 0.1) is 19.3 Å². The molecule has 0 radical (unpaired) electrons. The first kappa shape index (κ1) is 17.2. The van der Waals surface area contributed by atoms with Gasteiger partial charge in [-0.1, -0.05) is 34.1 Å². The van der Waals surface area contributed by atoms with E-state index in [1.165, 1.54) is 0 Å². The largest absolute Gasteiger partial charge is 0.379 e. The number of rotatable bonds is 6. The molecule has 1 fully saturated rings. The number of hydrogen-bond acceptors (Lipinski definition) is 3. The van der Waals surface area contributed by atoms with E-state index in [0.717, 1.165) is 49.3 Å². The Kier molecular flexibility index (Phi) is 7.15. The monoisotopic (exact) mass is 369 g/mol. The van der Waals surface area contributed by atoms with Crippen molar-refractivity contribution >= 4 is 22.0 Å². The van der Waals surface area contributed by atoms with Gasteiger partial charge in [-0.25, -0.2) is 4.79 Å². The summed E-state index contributed by atoms with van der Waals surface area (Å²) in [6.07, 6.45) is 0.955. The summed E-state index contributed by atoms with van der Waals surface area (Å²) in [6, 6.07) is 7.77. The minimum absolute atomic E-state index is 0.0326. The number of hydrogen-bond donors (Lipinski definition) is 2. The zero-order valence-electron chi connectivity index (χ0n) is 13.0. The maximum atomic E-state index is 11.9. The molecule has 1 atom stereocenters. The predicted molar refractivity (Wildman–Crippen MR) is 91.0 cm³/mol. The summed E-state index contributed by atoms with van der Waals surface area (Å²) >= 11 is 3.51. The number of halogens is 1. The second-order valence-corrected chi connectivity index (χ2v) is 6.31. The Balaban J connectivity index is 1.64. The normalized spacial score (nSPS) is 17.0. The van der Waals surface area contributed by atoms with E-state index in [0.29, 0.717) is 6.54 Å². The molecule has 1 aromatic rings. The molecular formula is C16H24BrN3O2. The van der Waals surface area contributed by atoms with Crippen LogP contribution >= 0.6 is 15.9 Å². The molecule has 1 heterocycles. The molecule has 1 aliphatic rings. The average Bonchev–Trinajstić information content (AvgIpc) is 2.53. The van der Waals surface area contributed by atoms with Gasteiger partial charge in [0.1, 0.15) is 0 Å². The number of morpholine rings is 1. The molecule has 2 N–H and O–H groups in total. The molecule has 1 saturated heterocycles. The Labute approximate surface area is 140 Å². The summed E-state index contributed by atoms with van der Waals surface area (Å²) in [4.78, 5) is 14.3. The third-order valence-corrected chi connectivity index (χ3v) is 4.48. The minimum Gasteiger partial charge on any atom is -0.379 e. The molecule has 0 aliphatic carbocycles. The highest BCUT2D eigenvalue weighted by Crippen LogP contribution is 2.22. The van der Waals surface area contributed by atoms with Crippen molar-refractivity contribution in [3.8, 4) is 0 Å². The van der Waals surface area contributed by atoms with Crippen molar-refractivity contribution in [3.05, 3.63) is 34.3 Å². The third kappa shape index (κ3) is 5.59. The van der Waals surface area contributed by atoms with Crippen LogP contribution in [-0.4, -0.2) is 50.3 Å². The molecule has 22 heavy (non-hydrogen) atoms. The lowest BCUT2D eigenvalue weighted by molar-refractivity contribution is 0.0375. The minimum atomic E-state index is -0.120. The Morgan fingerprint density at radius 3 is 2.82 bits per heavy atom. The van der Waals surface area contributed by atoms with Crippen molar-refractivity contribution in [2.75, 3.05) is 39.4 Å². The second kappa shape index (κ2) is 9.12.